The van der Waals surface area contributed by atoms with Gasteiger partial charge in [-0.3, -0.25) is 4.68 Å². The highest BCUT2D eigenvalue weighted by Gasteiger charge is 1.99. The van der Waals surface area contributed by atoms with Crippen LogP contribution in [-0.4, -0.2) is 9.78 Å². The molecule has 2 rings (SSSR count). The molecule has 0 saturated heterocycles. The van der Waals surface area contributed by atoms with Gasteiger partial charge in [-0.1, -0.05) is 42.5 Å². The van der Waals surface area contributed by atoms with Crippen molar-refractivity contribution in [3.8, 4) is 0 Å². The van der Waals surface area contributed by atoms with Crippen LogP contribution in [0.3, 0.4) is 0 Å². The lowest BCUT2D eigenvalue weighted by Gasteiger charge is -1.96. The third-order valence-electron chi connectivity index (χ3n) is 2.55. The van der Waals surface area contributed by atoms with Crippen LogP contribution >= 0.6 is 0 Å². The van der Waals surface area contributed by atoms with Crippen molar-refractivity contribution in [3.63, 3.8) is 0 Å². The van der Waals surface area contributed by atoms with Gasteiger partial charge in [0.2, 0.25) is 0 Å². The molecule has 0 atom stereocenters. The number of aromatic nitrogens is 2. The fraction of sp³-hybridized carbons (Fsp3) is 0.133. The summed E-state index contributed by atoms with van der Waals surface area (Å²) in [6.07, 6.45) is 5.95. The Hall–Kier alpha value is -2.09. The van der Waals surface area contributed by atoms with Gasteiger partial charge in [0, 0.05) is 5.69 Å². The van der Waals surface area contributed by atoms with E-state index in [4.69, 9.17) is 0 Å². The maximum atomic E-state index is 4.47. The number of nitrogens with zero attached hydrogens (tertiary/aromatic N) is 2. The topological polar surface area (TPSA) is 17.8 Å². The largest absolute Gasteiger partial charge is 0.265 e. The number of rotatable bonds is 4. The molecular formula is C15H16N2. The van der Waals surface area contributed by atoms with Crippen molar-refractivity contribution in [1.29, 1.82) is 0 Å². The van der Waals surface area contributed by atoms with E-state index in [1.54, 1.807) is 0 Å². The summed E-state index contributed by atoms with van der Waals surface area (Å²) >= 11 is 0. The molecule has 0 fully saturated rings. The highest BCUT2D eigenvalue weighted by Crippen LogP contribution is 2.09. The summed E-state index contributed by atoms with van der Waals surface area (Å²) in [5.74, 6) is 0. The van der Waals surface area contributed by atoms with Crippen LogP contribution in [0.1, 0.15) is 17.0 Å². The van der Waals surface area contributed by atoms with E-state index in [1.807, 2.05) is 35.0 Å². The van der Waals surface area contributed by atoms with E-state index in [0.717, 1.165) is 17.9 Å². The maximum absolute atomic E-state index is 4.47. The van der Waals surface area contributed by atoms with E-state index < -0.39 is 0 Å². The third-order valence-corrected chi connectivity index (χ3v) is 2.55. The zero-order chi connectivity index (χ0) is 12.1. The molecule has 2 heteroatoms. The molecule has 0 aliphatic heterocycles. The standard InChI is InChI=1S/C15H16N2/c1-3-11-17-13(2)12-15(16-17)10-9-14-7-5-4-6-8-14/h3-10,12H,1,11H2,2H3/b10-9+. The average Bonchev–Trinajstić information content (AvgIpc) is 2.70. The highest BCUT2D eigenvalue weighted by atomic mass is 15.3. The molecule has 0 amide bonds. The van der Waals surface area contributed by atoms with Crippen LogP contribution in [0.2, 0.25) is 0 Å². The van der Waals surface area contributed by atoms with Crippen LogP contribution in [0, 0.1) is 6.92 Å². The van der Waals surface area contributed by atoms with Crippen molar-refractivity contribution in [2.24, 2.45) is 0 Å². The predicted molar refractivity (Wildman–Crippen MR) is 72.5 cm³/mol. The highest BCUT2D eigenvalue weighted by molar-refractivity contribution is 5.67. The molecule has 0 N–H and O–H groups in total. The zero-order valence-corrected chi connectivity index (χ0v) is 10.0. The average molecular weight is 224 g/mol. The van der Waals surface area contributed by atoms with Gasteiger partial charge in [-0.25, -0.2) is 0 Å². The number of aryl methyl sites for hydroxylation is 1. The molecule has 17 heavy (non-hydrogen) atoms. The summed E-state index contributed by atoms with van der Waals surface area (Å²) in [6.45, 7) is 6.53. The van der Waals surface area contributed by atoms with Gasteiger partial charge in [0.1, 0.15) is 0 Å². The molecule has 0 saturated carbocycles. The number of benzene rings is 1. The minimum Gasteiger partial charge on any atom is -0.265 e. The fourth-order valence-electron chi connectivity index (χ4n) is 1.67. The van der Waals surface area contributed by atoms with Crippen molar-refractivity contribution in [2.45, 2.75) is 13.5 Å². The van der Waals surface area contributed by atoms with Crippen molar-refractivity contribution in [2.75, 3.05) is 0 Å². The lowest BCUT2D eigenvalue weighted by molar-refractivity contribution is 0.678. The summed E-state index contributed by atoms with van der Waals surface area (Å²) in [5.41, 5.74) is 3.31. The summed E-state index contributed by atoms with van der Waals surface area (Å²) in [6, 6.07) is 12.3. The van der Waals surface area contributed by atoms with Crippen molar-refractivity contribution >= 4 is 12.2 Å². The Labute approximate surface area is 102 Å². The summed E-state index contributed by atoms with van der Waals surface area (Å²) in [4.78, 5) is 0. The minimum absolute atomic E-state index is 0.755. The Morgan fingerprint density at radius 2 is 2.00 bits per heavy atom. The van der Waals surface area contributed by atoms with Crippen LogP contribution in [0.15, 0.2) is 49.1 Å². The van der Waals surface area contributed by atoms with Crippen LogP contribution in [0.25, 0.3) is 12.2 Å². The summed E-state index contributed by atoms with van der Waals surface area (Å²) in [7, 11) is 0. The first-order valence-electron chi connectivity index (χ1n) is 5.68. The molecule has 1 aromatic heterocycles. The first-order valence-corrected chi connectivity index (χ1v) is 5.68. The third kappa shape index (κ3) is 2.94. The Kier molecular flexibility index (Phi) is 3.55. The van der Waals surface area contributed by atoms with Crippen molar-refractivity contribution < 1.29 is 0 Å². The molecule has 0 aliphatic rings. The lowest BCUT2D eigenvalue weighted by atomic mass is 10.2. The first kappa shape index (κ1) is 11.4. The molecular weight excluding hydrogens is 208 g/mol. The van der Waals surface area contributed by atoms with Crippen LogP contribution in [0.5, 0.6) is 0 Å². The Bertz CT molecular complexity index is 521. The minimum atomic E-state index is 0.755. The molecule has 1 aromatic carbocycles. The molecule has 2 aromatic rings. The fourth-order valence-corrected chi connectivity index (χ4v) is 1.67. The van der Waals surface area contributed by atoms with Gasteiger partial charge in [0.05, 0.1) is 12.2 Å². The van der Waals surface area contributed by atoms with E-state index in [0.29, 0.717) is 0 Å². The smallest absolute Gasteiger partial charge is 0.0854 e. The van der Waals surface area contributed by atoms with Gasteiger partial charge in [-0.2, -0.15) is 5.10 Å². The Morgan fingerprint density at radius 1 is 1.24 bits per heavy atom. The SMILES string of the molecule is C=CCn1nc(/C=C/c2ccccc2)cc1C. The van der Waals surface area contributed by atoms with Crippen LogP contribution < -0.4 is 0 Å². The molecule has 0 spiro atoms. The van der Waals surface area contributed by atoms with E-state index in [1.165, 1.54) is 5.56 Å². The normalized spacial score (nSPS) is 10.9. The second-order valence-corrected chi connectivity index (χ2v) is 3.93. The van der Waals surface area contributed by atoms with Crippen LogP contribution in [-0.2, 0) is 6.54 Å². The van der Waals surface area contributed by atoms with Crippen molar-refractivity contribution in [1.82, 2.24) is 9.78 Å². The molecule has 0 radical (unpaired) electrons. The maximum Gasteiger partial charge on any atom is 0.0854 e. The van der Waals surface area contributed by atoms with Gasteiger partial charge in [-0.05, 0) is 24.6 Å². The lowest BCUT2D eigenvalue weighted by Crippen LogP contribution is -1.99. The second-order valence-electron chi connectivity index (χ2n) is 3.93. The van der Waals surface area contributed by atoms with E-state index in [9.17, 15) is 0 Å². The van der Waals surface area contributed by atoms with Gasteiger partial charge < -0.3 is 0 Å². The quantitative estimate of drug-likeness (QED) is 0.726. The van der Waals surface area contributed by atoms with Gasteiger partial charge in [0.25, 0.3) is 0 Å². The number of hydrogen-bond acceptors (Lipinski definition) is 1. The monoisotopic (exact) mass is 224 g/mol. The Balaban J connectivity index is 2.16. The second kappa shape index (κ2) is 5.30. The van der Waals surface area contributed by atoms with Crippen LogP contribution in [0.4, 0.5) is 0 Å². The molecule has 0 aliphatic carbocycles. The predicted octanol–water partition coefficient (Wildman–Crippen LogP) is 3.55. The molecule has 0 unspecified atom stereocenters. The van der Waals surface area contributed by atoms with Gasteiger partial charge in [-0.15, -0.1) is 6.58 Å². The molecule has 2 nitrogen and oxygen atoms in total. The van der Waals surface area contributed by atoms with Crippen molar-refractivity contribution in [3.05, 3.63) is 66.0 Å². The van der Waals surface area contributed by atoms with Gasteiger partial charge >= 0.3 is 0 Å². The molecule has 86 valence electrons. The van der Waals surface area contributed by atoms with E-state index in [-0.39, 0.29) is 0 Å². The Morgan fingerprint density at radius 3 is 2.71 bits per heavy atom. The molecule has 1 heterocycles. The number of allylic oxidation sites excluding steroid dienone is 1. The summed E-state index contributed by atoms with van der Waals surface area (Å²) in [5, 5.41) is 4.47. The van der Waals surface area contributed by atoms with E-state index >= 15 is 0 Å². The molecule has 0 bridgehead atoms. The summed E-state index contributed by atoms with van der Waals surface area (Å²) < 4.78 is 1.94. The number of hydrogen-bond donors (Lipinski definition) is 0. The first-order chi connectivity index (χ1) is 8.29. The van der Waals surface area contributed by atoms with E-state index in [2.05, 4.69) is 42.9 Å². The van der Waals surface area contributed by atoms with Gasteiger partial charge in [0.15, 0.2) is 0 Å². The zero-order valence-electron chi connectivity index (χ0n) is 10.0.